The van der Waals surface area contributed by atoms with E-state index in [0.29, 0.717) is 19.6 Å². The van der Waals surface area contributed by atoms with Gasteiger partial charge in [0.2, 0.25) is 0 Å². The summed E-state index contributed by atoms with van der Waals surface area (Å²) in [5.74, 6) is -1.20. The van der Waals surface area contributed by atoms with Crippen molar-refractivity contribution in [3.8, 4) is 6.07 Å². The minimum Gasteiger partial charge on any atom is -0.477 e. The molecular formula is C9H11NO3. The van der Waals surface area contributed by atoms with Gasteiger partial charge in [0.1, 0.15) is 11.6 Å². The molecule has 0 aliphatic heterocycles. The largest absolute Gasteiger partial charge is 0.477 e. The maximum atomic E-state index is 10.3. The highest BCUT2D eigenvalue weighted by atomic mass is 16.5. The van der Waals surface area contributed by atoms with E-state index in [1.54, 1.807) is 12.1 Å². The van der Waals surface area contributed by atoms with Gasteiger partial charge in [-0.1, -0.05) is 12.2 Å². The Labute approximate surface area is 76.7 Å². The van der Waals surface area contributed by atoms with Crippen molar-refractivity contribution >= 4 is 5.97 Å². The predicted molar refractivity (Wildman–Crippen MR) is 47.0 cm³/mol. The standard InChI is InChI=1S/C9H11NO3/c1-2-5-13-6-3-4-8(7-10)9(11)12/h2,4H,1,3,5-6H2,(H,11,12). The second-order valence-corrected chi connectivity index (χ2v) is 2.19. The summed E-state index contributed by atoms with van der Waals surface area (Å²) < 4.78 is 4.99. The van der Waals surface area contributed by atoms with E-state index in [1.807, 2.05) is 0 Å². The number of rotatable bonds is 6. The smallest absolute Gasteiger partial charge is 0.346 e. The number of hydrogen-bond acceptors (Lipinski definition) is 3. The summed E-state index contributed by atoms with van der Waals surface area (Å²) in [5, 5.41) is 16.8. The van der Waals surface area contributed by atoms with Gasteiger partial charge >= 0.3 is 5.97 Å². The van der Waals surface area contributed by atoms with Crippen molar-refractivity contribution in [3.63, 3.8) is 0 Å². The van der Waals surface area contributed by atoms with Crippen LogP contribution in [-0.2, 0) is 9.53 Å². The van der Waals surface area contributed by atoms with E-state index in [1.165, 1.54) is 6.08 Å². The number of ether oxygens (including phenoxy) is 1. The highest BCUT2D eigenvalue weighted by molar-refractivity contribution is 5.90. The topological polar surface area (TPSA) is 70.3 Å². The van der Waals surface area contributed by atoms with Gasteiger partial charge in [-0.25, -0.2) is 4.79 Å². The fourth-order valence-electron chi connectivity index (χ4n) is 0.634. The van der Waals surface area contributed by atoms with Crippen LogP contribution in [0.4, 0.5) is 0 Å². The van der Waals surface area contributed by atoms with Crippen LogP contribution < -0.4 is 0 Å². The fraction of sp³-hybridized carbons (Fsp3) is 0.333. The third-order valence-electron chi connectivity index (χ3n) is 1.20. The van der Waals surface area contributed by atoms with Gasteiger partial charge in [0.25, 0.3) is 0 Å². The molecule has 0 spiro atoms. The van der Waals surface area contributed by atoms with E-state index in [2.05, 4.69) is 6.58 Å². The monoisotopic (exact) mass is 181 g/mol. The summed E-state index contributed by atoms with van der Waals surface area (Å²) in [6, 6.07) is 1.58. The van der Waals surface area contributed by atoms with Gasteiger partial charge in [-0.2, -0.15) is 5.26 Å². The number of carboxylic acids is 1. The lowest BCUT2D eigenvalue weighted by molar-refractivity contribution is -0.132. The first kappa shape index (κ1) is 11.4. The van der Waals surface area contributed by atoms with Crippen molar-refractivity contribution in [1.82, 2.24) is 0 Å². The summed E-state index contributed by atoms with van der Waals surface area (Å²) >= 11 is 0. The molecule has 0 aromatic heterocycles. The molecule has 0 aliphatic rings. The summed E-state index contributed by atoms with van der Waals surface area (Å²) in [7, 11) is 0. The van der Waals surface area contributed by atoms with Crippen LogP contribution in [0.1, 0.15) is 6.42 Å². The molecule has 70 valence electrons. The number of carbonyl (C=O) groups is 1. The van der Waals surface area contributed by atoms with Crippen LogP contribution in [0.25, 0.3) is 0 Å². The van der Waals surface area contributed by atoms with Crippen molar-refractivity contribution in [1.29, 1.82) is 5.26 Å². The molecule has 0 rings (SSSR count). The first-order chi connectivity index (χ1) is 6.22. The summed E-state index contributed by atoms with van der Waals surface area (Å²) in [4.78, 5) is 10.3. The quantitative estimate of drug-likeness (QED) is 0.288. The maximum Gasteiger partial charge on any atom is 0.346 e. The van der Waals surface area contributed by atoms with Crippen molar-refractivity contribution in [3.05, 3.63) is 24.3 Å². The highest BCUT2D eigenvalue weighted by Gasteiger charge is 2.03. The Bertz CT molecular complexity index is 250. The molecule has 1 N–H and O–H groups in total. The molecule has 0 heterocycles. The van der Waals surface area contributed by atoms with Gasteiger partial charge in [-0.3, -0.25) is 0 Å². The Hall–Kier alpha value is -1.60. The zero-order valence-electron chi connectivity index (χ0n) is 7.19. The van der Waals surface area contributed by atoms with Crippen LogP contribution in [0, 0.1) is 11.3 Å². The SMILES string of the molecule is C=CCOCCC=C(C#N)C(=O)O. The van der Waals surface area contributed by atoms with E-state index in [4.69, 9.17) is 15.1 Å². The molecular weight excluding hydrogens is 170 g/mol. The molecule has 0 aliphatic carbocycles. The molecule has 13 heavy (non-hydrogen) atoms. The summed E-state index contributed by atoms with van der Waals surface area (Å²) in [6.07, 6.45) is 3.36. The van der Waals surface area contributed by atoms with Crippen LogP contribution in [-0.4, -0.2) is 24.3 Å². The second-order valence-electron chi connectivity index (χ2n) is 2.19. The highest BCUT2D eigenvalue weighted by Crippen LogP contribution is 1.95. The lowest BCUT2D eigenvalue weighted by atomic mass is 10.2. The lowest BCUT2D eigenvalue weighted by Gasteiger charge is -1.96. The number of carboxylic acid groups (broad SMARTS) is 1. The predicted octanol–water partition coefficient (Wildman–Crippen LogP) is 1.11. The second kappa shape index (κ2) is 7.07. The Morgan fingerprint density at radius 3 is 2.85 bits per heavy atom. The fourth-order valence-corrected chi connectivity index (χ4v) is 0.634. The van der Waals surface area contributed by atoms with Gasteiger partial charge < -0.3 is 9.84 Å². The van der Waals surface area contributed by atoms with Crippen LogP contribution in [0.5, 0.6) is 0 Å². The van der Waals surface area contributed by atoms with Crippen LogP contribution in [0.2, 0.25) is 0 Å². The molecule has 4 nitrogen and oxygen atoms in total. The third kappa shape index (κ3) is 5.65. The van der Waals surface area contributed by atoms with E-state index in [-0.39, 0.29) is 5.57 Å². The first-order valence-electron chi connectivity index (χ1n) is 3.74. The van der Waals surface area contributed by atoms with E-state index >= 15 is 0 Å². The Morgan fingerprint density at radius 2 is 2.38 bits per heavy atom. The summed E-state index contributed by atoms with van der Waals surface area (Å²) in [6.45, 7) is 4.28. The van der Waals surface area contributed by atoms with Crippen molar-refractivity contribution in [2.75, 3.05) is 13.2 Å². The number of hydrogen-bond donors (Lipinski definition) is 1. The number of nitriles is 1. The minimum absolute atomic E-state index is 0.248. The summed E-state index contributed by atoms with van der Waals surface area (Å²) in [5.41, 5.74) is -0.248. The molecule has 0 aromatic carbocycles. The van der Waals surface area contributed by atoms with Crippen molar-refractivity contribution in [2.24, 2.45) is 0 Å². The normalized spacial score (nSPS) is 10.5. The average molecular weight is 181 g/mol. The van der Waals surface area contributed by atoms with Crippen molar-refractivity contribution in [2.45, 2.75) is 6.42 Å². The van der Waals surface area contributed by atoms with Crippen LogP contribution >= 0.6 is 0 Å². The molecule has 0 aromatic rings. The van der Waals surface area contributed by atoms with E-state index in [9.17, 15) is 4.79 Å². The van der Waals surface area contributed by atoms with Gasteiger partial charge in [0.15, 0.2) is 0 Å². The Kier molecular flexibility index (Phi) is 6.20. The first-order valence-corrected chi connectivity index (χ1v) is 3.74. The lowest BCUT2D eigenvalue weighted by Crippen LogP contribution is -1.99. The van der Waals surface area contributed by atoms with Crippen LogP contribution in [0.15, 0.2) is 24.3 Å². The zero-order chi connectivity index (χ0) is 10.1. The van der Waals surface area contributed by atoms with Crippen molar-refractivity contribution < 1.29 is 14.6 Å². The average Bonchev–Trinajstić information content (AvgIpc) is 2.10. The number of nitrogens with zero attached hydrogens (tertiary/aromatic N) is 1. The molecule has 0 atom stereocenters. The minimum atomic E-state index is -1.20. The zero-order valence-corrected chi connectivity index (χ0v) is 7.19. The van der Waals surface area contributed by atoms with Gasteiger partial charge in [-0.15, -0.1) is 6.58 Å². The molecule has 4 heteroatoms. The molecule has 0 amide bonds. The van der Waals surface area contributed by atoms with Crippen LogP contribution in [0.3, 0.4) is 0 Å². The molecule has 0 radical (unpaired) electrons. The number of aliphatic carboxylic acids is 1. The van der Waals surface area contributed by atoms with E-state index < -0.39 is 5.97 Å². The third-order valence-corrected chi connectivity index (χ3v) is 1.20. The van der Waals surface area contributed by atoms with Gasteiger partial charge in [-0.05, 0) is 6.42 Å². The molecule has 0 saturated carbocycles. The Morgan fingerprint density at radius 1 is 1.69 bits per heavy atom. The molecule has 0 saturated heterocycles. The maximum absolute atomic E-state index is 10.3. The molecule has 0 fully saturated rings. The Balaban J connectivity index is 3.76. The van der Waals surface area contributed by atoms with Gasteiger partial charge in [0.05, 0.1) is 13.2 Å². The van der Waals surface area contributed by atoms with E-state index in [0.717, 1.165) is 0 Å². The molecule has 0 unspecified atom stereocenters. The van der Waals surface area contributed by atoms with Gasteiger partial charge in [0, 0.05) is 0 Å². The molecule has 0 bridgehead atoms.